The molecule has 0 saturated heterocycles. The zero-order valence-electron chi connectivity index (χ0n) is 11.7. The number of thiophene rings is 1. The monoisotopic (exact) mass is 303 g/mol. The number of nitrogens with one attached hydrogen (secondary N) is 1. The predicted octanol–water partition coefficient (Wildman–Crippen LogP) is 4.74. The fraction of sp³-hybridized carbons (Fsp3) is 0.0556. The van der Waals surface area contributed by atoms with Crippen molar-refractivity contribution in [2.24, 2.45) is 0 Å². The molecule has 0 aliphatic carbocycles. The SMILES string of the molecule is c1csc([C@H]2Nc3ccccc3-c3nc4ccccc4n32)c1. The van der Waals surface area contributed by atoms with E-state index in [1.807, 2.05) is 6.07 Å². The topological polar surface area (TPSA) is 29.9 Å². The molecule has 3 heterocycles. The number of imidazole rings is 1. The average molecular weight is 303 g/mol. The van der Waals surface area contributed by atoms with Gasteiger partial charge in [-0.1, -0.05) is 30.3 Å². The normalized spacial score (nSPS) is 16.1. The molecule has 1 aliphatic heterocycles. The molecule has 1 aliphatic rings. The van der Waals surface area contributed by atoms with Gasteiger partial charge in [0.05, 0.1) is 11.0 Å². The molecule has 0 radical (unpaired) electrons. The van der Waals surface area contributed by atoms with Gasteiger partial charge in [-0.05, 0) is 35.7 Å². The number of hydrogen-bond donors (Lipinski definition) is 1. The van der Waals surface area contributed by atoms with Crippen LogP contribution in [0.1, 0.15) is 11.0 Å². The summed E-state index contributed by atoms with van der Waals surface area (Å²) in [6.07, 6.45) is 0.0947. The Labute approximate surface area is 131 Å². The molecular formula is C18H13N3S. The molecule has 22 heavy (non-hydrogen) atoms. The van der Waals surface area contributed by atoms with Crippen molar-refractivity contribution in [3.05, 3.63) is 70.9 Å². The van der Waals surface area contributed by atoms with E-state index in [0.717, 1.165) is 28.1 Å². The van der Waals surface area contributed by atoms with Crippen molar-refractivity contribution in [3.8, 4) is 11.4 Å². The maximum absolute atomic E-state index is 4.88. The molecular weight excluding hydrogens is 290 g/mol. The molecule has 0 saturated carbocycles. The Balaban J connectivity index is 1.87. The largest absolute Gasteiger partial charge is 0.360 e. The maximum atomic E-state index is 4.88. The van der Waals surface area contributed by atoms with Crippen LogP contribution >= 0.6 is 11.3 Å². The van der Waals surface area contributed by atoms with Crippen LogP contribution in [-0.2, 0) is 0 Å². The van der Waals surface area contributed by atoms with Crippen LogP contribution in [0.15, 0.2) is 66.0 Å². The summed E-state index contributed by atoms with van der Waals surface area (Å²) in [6.45, 7) is 0. The van der Waals surface area contributed by atoms with Crippen molar-refractivity contribution < 1.29 is 0 Å². The van der Waals surface area contributed by atoms with Crippen molar-refractivity contribution in [1.82, 2.24) is 9.55 Å². The Hall–Kier alpha value is -2.59. The van der Waals surface area contributed by atoms with E-state index >= 15 is 0 Å². The number of anilines is 1. The van der Waals surface area contributed by atoms with Gasteiger partial charge in [0.2, 0.25) is 0 Å². The number of para-hydroxylation sites is 3. The fourth-order valence-electron chi connectivity index (χ4n) is 3.16. The van der Waals surface area contributed by atoms with Crippen LogP contribution in [0.5, 0.6) is 0 Å². The van der Waals surface area contributed by atoms with Crippen LogP contribution in [0.4, 0.5) is 5.69 Å². The van der Waals surface area contributed by atoms with E-state index in [0.29, 0.717) is 0 Å². The summed E-state index contributed by atoms with van der Waals surface area (Å²) in [6, 6.07) is 21.0. The second-order valence-corrected chi connectivity index (χ2v) is 6.38. The van der Waals surface area contributed by atoms with Crippen molar-refractivity contribution in [1.29, 1.82) is 0 Å². The van der Waals surface area contributed by atoms with E-state index in [-0.39, 0.29) is 6.17 Å². The number of benzene rings is 2. The van der Waals surface area contributed by atoms with Crippen LogP contribution in [0.25, 0.3) is 22.4 Å². The third-order valence-electron chi connectivity index (χ3n) is 4.13. The van der Waals surface area contributed by atoms with Crippen LogP contribution in [0, 0.1) is 0 Å². The fourth-order valence-corrected chi connectivity index (χ4v) is 3.92. The summed E-state index contributed by atoms with van der Waals surface area (Å²) in [5.74, 6) is 1.04. The van der Waals surface area contributed by atoms with Gasteiger partial charge in [0, 0.05) is 16.1 Å². The van der Waals surface area contributed by atoms with Gasteiger partial charge in [0.15, 0.2) is 0 Å². The first kappa shape index (κ1) is 12.0. The highest BCUT2D eigenvalue weighted by atomic mass is 32.1. The molecule has 0 unspecified atom stereocenters. The van der Waals surface area contributed by atoms with E-state index < -0.39 is 0 Å². The lowest BCUT2D eigenvalue weighted by molar-refractivity contribution is 0.681. The van der Waals surface area contributed by atoms with Crippen LogP contribution < -0.4 is 5.32 Å². The second kappa shape index (κ2) is 4.45. The van der Waals surface area contributed by atoms with Gasteiger partial charge in [0.25, 0.3) is 0 Å². The van der Waals surface area contributed by atoms with Gasteiger partial charge in [-0.3, -0.25) is 4.57 Å². The molecule has 0 fully saturated rings. The van der Waals surface area contributed by atoms with Gasteiger partial charge in [-0.25, -0.2) is 4.98 Å². The molecule has 3 nitrogen and oxygen atoms in total. The van der Waals surface area contributed by atoms with Crippen LogP contribution in [0.3, 0.4) is 0 Å². The minimum atomic E-state index is 0.0947. The first-order valence-electron chi connectivity index (χ1n) is 7.28. The lowest BCUT2D eigenvalue weighted by Gasteiger charge is -2.29. The molecule has 1 N–H and O–H groups in total. The quantitative estimate of drug-likeness (QED) is 0.550. The standard InChI is InChI=1S/C18H13N3S/c1-2-7-13-12(6-1)17-20-14-8-3-4-9-15(14)21(17)18(19-13)16-10-5-11-22-16/h1-11,18-19H/t18-/m0/s1. The van der Waals surface area contributed by atoms with Gasteiger partial charge < -0.3 is 5.32 Å². The van der Waals surface area contributed by atoms with Crippen molar-refractivity contribution in [2.45, 2.75) is 6.17 Å². The van der Waals surface area contributed by atoms with Crippen LogP contribution in [-0.4, -0.2) is 9.55 Å². The van der Waals surface area contributed by atoms with Crippen LogP contribution in [0.2, 0.25) is 0 Å². The number of rotatable bonds is 1. The third kappa shape index (κ3) is 1.58. The zero-order valence-corrected chi connectivity index (χ0v) is 12.5. The maximum Gasteiger partial charge on any atom is 0.145 e. The van der Waals surface area contributed by atoms with Gasteiger partial charge >= 0.3 is 0 Å². The minimum absolute atomic E-state index is 0.0947. The lowest BCUT2D eigenvalue weighted by atomic mass is 10.1. The Morgan fingerprint density at radius 2 is 1.82 bits per heavy atom. The Kier molecular flexibility index (Phi) is 2.43. The first-order chi connectivity index (χ1) is 10.9. The highest BCUT2D eigenvalue weighted by molar-refractivity contribution is 7.10. The van der Waals surface area contributed by atoms with E-state index in [4.69, 9.17) is 4.98 Å². The number of hydrogen-bond acceptors (Lipinski definition) is 3. The summed E-state index contributed by atoms with van der Waals surface area (Å²) in [7, 11) is 0. The molecule has 5 rings (SSSR count). The summed E-state index contributed by atoms with van der Waals surface area (Å²) < 4.78 is 2.31. The first-order valence-corrected chi connectivity index (χ1v) is 8.16. The average Bonchev–Trinajstić information content (AvgIpc) is 3.22. The smallest absolute Gasteiger partial charge is 0.145 e. The molecule has 0 bridgehead atoms. The third-order valence-corrected chi connectivity index (χ3v) is 5.05. The second-order valence-electron chi connectivity index (χ2n) is 5.40. The van der Waals surface area contributed by atoms with E-state index in [2.05, 4.69) is 69.9 Å². The molecule has 4 aromatic rings. The highest BCUT2D eigenvalue weighted by Crippen LogP contribution is 2.41. The van der Waals surface area contributed by atoms with E-state index in [1.165, 1.54) is 4.88 Å². The number of aromatic nitrogens is 2. The molecule has 4 heteroatoms. The Morgan fingerprint density at radius 3 is 2.73 bits per heavy atom. The summed E-state index contributed by atoms with van der Waals surface area (Å²) >= 11 is 1.77. The summed E-state index contributed by atoms with van der Waals surface area (Å²) in [5.41, 5.74) is 4.51. The van der Waals surface area contributed by atoms with Gasteiger partial charge in [0.1, 0.15) is 12.0 Å². The summed E-state index contributed by atoms with van der Waals surface area (Å²) in [4.78, 5) is 6.17. The van der Waals surface area contributed by atoms with Gasteiger partial charge in [-0.15, -0.1) is 11.3 Å². The summed E-state index contributed by atoms with van der Waals surface area (Å²) in [5, 5.41) is 5.79. The number of fused-ring (bicyclic) bond motifs is 5. The predicted molar refractivity (Wildman–Crippen MR) is 91.2 cm³/mol. The Bertz CT molecular complexity index is 969. The van der Waals surface area contributed by atoms with Gasteiger partial charge in [-0.2, -0.15) is 0 Å². The van der Waals surface area contributed by atoms with Crippen molar-refractivity contribution >= 4 is 28.1 Å². The van der Waals surface area contributed by atoms with E-state index in [9.17, 15) is 0 Å². The lowest BCUT2D eigenvalue weighted by Crippen LogP contribution is -2.23. The van der Waals surface area contributed by atoms with Crippen molar-refractivity contribution in [2.75, 3.05) is 5.32 Å². The zero-order chi connectivity index (χ0) is 14.5. The molecule has 0 spiro atoms. The molecule has 1 atom stereocenters. The molecule has 0 amide bonds. The number of nitrogens with zero attached hydrogens (tertiary/aromatic N) is 2. The highest BCUT2D eigenvalue weighted by Gasteiger charge is 2.28. The van der Waals surface area contributed by atoms with E-state index in [1.54, 1.807) is 11.3 Å². The minimum Gasteiger partial charge on any atom is -0.360 e. The Morgan fingerprint density at radius 1 is 0.955 bits per heavy atom. The molecule has 2 aromatic carbocycles. The molecule has 106 valence electrons. The molecule has 2 aromatic heterocycles. The van der Waals surface area contributed by atoms with Crippen molar-refractivity contribution in [3.63, 3.8) is 0 Å².